The fourth-order valence-corrected chi connectivity index (χ4v) is 3.24. The lowest BCUT2D eigenvalue weighted by Crippen LogP contribution is -2.40. The number of imide groups is 1. The third kappa shape index (κ3) is 2.50. The summed E-state index contributed by atoms with van der Waals surface area (Å²) in [5.74, 6) is 0.941. The highest BCUT2D eigenvalue weighted by atomic mass is 16.7. The van der Waals surface area contributed by atoms with Crippen molar-refractivity contribution in [1.82, 2.24) is 10.2 Å². The molecule has 25 heavy (non-hydrogen) atoms. The first kappa shape index (κ1) is 15.5. The predicted molar refractivity (Wildman–Crippen MR) is 90.2 cm³/mol. The monoisotopic (exact) mass is 338 g/mol. The Bertz CT molecular complexity index is 879. The van der Waals surface area contributed by atoms with Crippen molar-refractivity contribution in [3.8, 4) is 11.5 Å². The molecule has 0 saturated carbocycles. The molecule has 0 aromatic heterocycles. The Kier molecular flexibility index (Phi) is 3.42. The molecule has 128 valence electrons. The van der Waals surface area contributed by atoms with Crippen LogP contribution in [0.4, 0.5) is 4.79 Å². The van der Waals surface area contributed by atoms with E-state index >= 15 is 0 Å². The molecule has 4 rings (SSSR count). The standard InChI is InChI=1S/C19H18N2O4/c1-12-4-3-5-13(8-12)10-21-17(22)19(2,20-18(21)23)14-6-7-15-16(9-14)25-11-24-15/h3-9H,10-11H2,1-2H3,(H,20,23)/t19-/m1/s1. The highest BCUT2D eigenvalue weighted by Gasteiger charge is 2.49. The molecular formula is C19H18N2O4. The van der Waals surface area contributed by atoms with Gasteiger partial charge < -0.3 is 14.8 Å². The second kappa shape index (κ2) is 5.51. The molecule has 6 heteroatoms. The van der Waals surface area contributed by atoms with Gasteiger partial charge in [0.05, 0.1) is 6.54 Å². The van der Waals surface area contributed by atoms with Crippen molar-refractivity contribution in [1.29, 1.82) is 0 Å². The van der Waals surface area contributed by atoms with Crippen molar-refractivity contribution in [3.05, 3.63) is 59.2 Å². The van der Waals surface area contributed by atoms with Gasteiger partial charge in [-0.1, -0.05) is 35.9 Å². The van der Waals surface area contributed by atoms with E-state index in [1.165, 1.54) is 4.90 Å². The van der Waals surface area contributed by atoms with Gasteiger partial charge >= 0.3 is 6.03 Å². The van der Waals surface area contributed by atoms with Gasteiger partial charge in [-0.2, -0.15) is 0 Å². The van der Waals surface area contributed by atoms with Crippen LogP contribution in [-0.2, 0) is 16.9 Å². The highest BCUT2D eigenvalue weighted by Crippen LogP contribution is 2.38. The minimum Gasteiger partial charge on any atom is -0.454 e. The van der Waals surface area contributed by atoms with Gasteiger partial charge in [0.1, 0.15) is 5.54 Å². The molecule has 2 aromatic carbocycles. The first-order chi connectivity index (χ1) is 12.0. The van der Waals surface area contributed by atoms with E-state index in [1.807, 2.05) is 31.2 Å². The quantitative estimate of drug-likeness (QED) is 0.874. The number of aryl methyl sites for hydroxylation is 1. The van der Waals surface area contributed by atoms with Gasteiger partial charge in [-0.3, -0.25) is 9.69 Å². The van der Waals surface area contributed by atoms with E-state index in [4.69, 9.17) is 9.47 Å². The van der Waals surface area contributed by atoms with Crippen LogP contribution in [0.3, 0.4) is 0 Å². The molecule has 2 aliphatic rings. The fourth-order valence-electron chi connectivity index (χ4n) is 3.24. The SMILES string of the molecule is Cc1cccc(CN2C(=O)N[C@](C)(c3ccc4c(c3)OCO4)C2=O)c1. The maximum Gasteiger partial charge on any atom is 0.325 e. The zero-order valence-corrected chi connectivity index (χ0v) is 14.0. The van der Waals surface area contributed by atoms with Crippen LogP contribution < -0.4 is 14.8 Å². The molecule has 0 aliphatic carbocycles. The Morgan fingerprint density at radius 2 is 1.92 bits per heavy atom. The maximum atomic E-state index is 13.0. The number of nitrogens with one attached hydrogen (secondary N) is 1. The lowest BCUT2D eigenvalue weighted by atomic mass is 9.91. The molecule has 2 aliphatic heterocycles. The van der Waals surface area contributed by atoms with E-state index in [9.17, 15) is 9.59 Å². The summed E-state index contributed by atoms with van der Waals surface area (Å²) in [6.45, 7) is 4.09. The summed E-state index contributed by atoms with van der Waals surface area (Å²) in [5.41, 5.74) is 1.55. The molecule has 3 amide bonds. The molecule has 0 unspecified atom stereocenters. The smallest absolute Gasteiger partial charge is 0.325 e. The average Bonchev–Trinajstić information content (AvgIpc) is 3.13. The second-order valence-corrected chi connectivity index (χ2v) is 6.50. The zero-order valence-electron chi connectivity index (χ0n) is 14.0. The second-order valence-electron chi connectivity index (χ2n) is 6.50. The Hall–Kier alpha value is -3.02. The summed E-state index contributed by atoms with van der Waals surface area (Å²) < 4.78 is 10.7. The Morgan fingerprint density at radius 3 is 2.72 bits per heavy atom. The van der Waals surface area contributed by atoms with Crippen molar-refractivity contribution >= 4 is 11.9 Å². The molecule has 0 bridgehead atoms. The minimum absolute atomic E-state index is 0.162. The van der Waals surface area contributed by atoms with Crippen molar-refractivity contribution in [2.45, 2.75) is 25.9 Å². The van der Waals surface area contributed by atoms with Crippen LogP contribution in [0, 0.1) is 6.92 Å². The molecule has 2 aromatic rings. The Morgan fingerprint density at radius 1 is 1.12 bits per heavy atom. The third-order valence-electron chi connectivity index (χ3n) is 4.65. The van der Waals surface area contributed by atoms with Crippen LogP contribution >= 0.6 is 0 Å². The van der Waals surface area contributed by atoms with Crippen molar-refractivity contribution in [2.75, 3.05) is 6.79 Å². The summed E-state index contributed by atoms with van der Waals surface area (Å²) >= 11 is 0. The predicted octanol–water partition coefficient (Wildman–Crippen LogP) is 2.69. The van der Waals surface area contributed by atoms with Crippen LogP contribution in [0.25, 0.3) is 0 Å². The van der Waals surface area contributed by atoms with Gasteiger partial charge in [0.2, 0.25) is 6.79 Å². The number of rotatable bonds is 3. The number of carbonyl (C=O) groups excluding carboxylic acids is 2. The van der Waals surface area contributed by atoms with E-state index in [0.717, 1.165) is 11.1 Å². The van der Waals surface area contributed by atoms with Crippen molar-refractivity contribution in [2.24, 2.45) is 0 Å². The van der Waals surface area contributed by atoms with Gasteiger partial charge in [0, 0.05) is 0 Å². The van der Waals surface area contributed by atoms with Crippen molar-refractivity contribution in [3.63, 3.8) is 0 Å². The van der Waals surface area contributed by atoms with Crippen LogP contribution in [0.2, 0.25) is 0 Å². The number of ether oxygens (including phenoxy) is 2. The molecule has 1 atom stereocenters. The summed E-state index contributed by atoms with van der Waals surface area (Å²) in [7, 11) is 0. The molecule has 1 N–H and O–H groups in total. The van der Waals surface area contributed by atoms with Crippen LogP contribution in [0.1, 0.15) is 23.6 Å². The Balaban J connectivity index is 1.63. The van der Waals surface area contributed by atoms with Crippen LogP contribution in [-0.4, -0.2) is 23.6 Å². The number of fused-ring (bicyclic) bond motifs is 1. The molecule has 0 spiro atoms. The third-order valence-corrected chi connectivity index (χ3v) is 4.65. The number of benzene rings is 2. The number of amides is 3. The molecule has 6 nitrogen and oxygen atoms in total. The highest BCUT2D eigenvalue weighted by molar-refractivity contribution is 6.07. The molecule has 2 heterocycles. The van der Waals surface area contributed by atoms with Crippen molar-refractivity contribution < 1.29 is 19.1 Å². The zero-order chi connectivity index (χ0) is 17.6. The maximum absolute atomic E-state index is 13.0. The number of hydrogen-bond donors (Lipinski definition) is 1. The van der Waals surface area contributed by atoms with E-state index in [0.29, 0.717) is 17.1 Å². The molecule has 0 radical (unpaired) electrons. The summed E-state index contributed by atoms with van der Waals surface area (Å²) in [5, 5.41) is 2.81. The van der Waals surface area contributed by atoms with Crippen LogP contribution in [0.5, 0.6) is 11.5 Å². The summed E-state index contributed by atoms with van der Waals surface area (Å²) in [6.07, 6.45) is 0. The number of carbonyl (C=O) groups is 2. The van der Waals surface area contributed by atoms with E-state index < -0.39 is 11.6 Å². The molecular weight excluding hydrogens is 320 g/mol. The number of nitrogens with zero attached hydrogens (tertiary/aromatic N) is 1. The topological polar surface area (TPSA) is 67.9 Å². The van der Waals surface area contributed by atoms with E-state index in [2.05, 4.69) is 5.32 Å². The van der Waals surface area contributed by atoms with E-state index in [1.54, 1.807) is 25.1 Å². The average molecular weight is 338 g/mol. The number of urea groups is 1. The lowest BCUT2D eigenvalue weighted by molar-refractivity contribution is -0.131. The largest absolute Gasteiger partial charge is 0.454 e. The van der Waals surface area contributed by atoms with Gasteiger partial charge in [-0.05, 0) is 37.1 Å². The van der Waals surface area contributed by atoms with E-state index in [-0.39, 0.29) is 19.2 Å². The van der Waals surface area contributed by atoms with Gasteiger partial charge in [-0.15, -0.1) is 0 Å². The van der Waals surface area contributed by atoms with Crippen LogP contribution in [0.15, 0.2) is 42.5 Å². The minimum atomic E-state index is -1.12. The normalized spacial score (nSPS) is 21.6. The first-order valence-corrected chi connectivity index (χ1v) is 8.07. The fraction of sp³-hybridized carbons (Fsp3) is 0.263. The lowest BCUT2D eigenvalue weighted by Gasteiger charge is -2.22. The number of hydrogen-bond acceptors (Lipinski definition) is 4. The van der Waals surface area contributed by atoms with Gasteiger partial charge in [0.25, 0.3) is 5.91 Å². The Labute approximate surface area is 145 Å². The van der Waals surface area contributed by atoms with Gasteiger partial charge in [-0.25, -0.2) is 4.79 Å². The molecule has 1 fully saturated rings. The summed E-state index contributed by atoms with van der Waals surface area (Å²) in [6, 6.07) is 12.7. The first-order valence-electron chi connectivity index (χ1n) is 8.07. The summed E-state index contributed by atoms with van der Waals surface area (Å²) in [4.78, 5) is 26.7. The van der Waals surface area contributed by atoms with Gasteiger partial charge in [0.15, 0.2) is 11.5 Å². The molecule has 1 saturated heterocycles.